The second-order valence-corrected chi connectivity index (χ2v) is 12.6. The normalized spacial score (nSPS) is 18.1. The van der Waals surface area contributed by atoms with Crippen molar-refractivity contribution in [1.29, 1.82) is 0 Å². The van der Waals surface area contributed by atoms with Gasteiger partial charge in [-0.2, -0.15) is 8.78 Å². The fourth-order valence-corrected chi connectivity index (χ4v) is 6.30. The number of anilines is 1. The molecule has 2 heterocycles. The molecule has 3 aliphatic rings. The van der Waals surface area contributed by atoms with Crippen molar-refractivity contribution >= 4 is 29.3 Å². The summed E-state index contributed by atoms with van der Waals surface area (Å²) < 4.78 is 56.6. The molecule has 1 saturated heterocycles. The molecule has 0 radical (unpaired) electrons. The number of carbonyl (C=O) groups excluding carboxylic acids is 4. The minimum Gasteiger partial charge on any atom is -0.454 e. The van der Waals surface area contributed by atoms with Crippen LogP contribution in [-0.4, -0.2) is 85.5 Å². The Bertz CT molecular complexity index is 1510. The summed E-state index contributed by atoms with van der Waals surface area (Å²) in [6.45, 7) is 3.96. The number of rotatable bonds is 11. The summed E-state index contributed by atoms with van der Waals surface area (Å²) in [5.74, 6) is -7.91. The SMILES string of the molecule is CCC(=O)N[C@H](Cc1ccc(NC(=O)[C@@H](NC(=O)C(F)(F)c2ccc3c(c2)OCO3)C2CCCCC2)c(F)c1)C(=O)N1CCN(C)CC1. The van der Waals surface area contributed by atoms with Gasteiger partial charge in [0.05, 0.1) is 5.69 Å². The van der Waals surface area contributed by atoms with E-state index in [1.54, 1.807) is 11.8 Å². The first kappa shape index (κ1) is 35.0. The van der Waals surface area contributed by atoms with Crippen molar-refractivity contribution in [3.8, 4) is 11.5 Å². The summed E-state index contributed by atoms with van der Waals surface area (Å²) >= 11 is 0. The first-order valence-corrected chi connectivity index (χ1v) is 16.4. The fourth-order valence-electron chi connectivity index (χ4n) is 6.30. The molecule has 0 spiro atoms. The number of ether oxygens (including phenoxy) is 2. The number of fused-ring (bicyclic) bond motifs is 1. The van der Waals surface area contributed by atoms with Crippen LogP contribution in [0.1, 0.15) is 56.6 Å². The molecule has 260 valence electrons. The second-order valence-electron chi connectivity index (χ2n) is 12.6. The van der Waals surface area contributed by atoms with Gasteiger partial charge in [0.1, 0.15) is 17.9 Å². The number of nitrogens with one attached hydrogen (secondary N) is 3. The average Bonchev–Trinajstić information content (AvgIpc) is 3.56. The van der Waals surface area contributed by atoms with E-state index in [2.05, 4.69) is 20.9 Å². The molecule has 5 rings (SSSR count). The van der Waals surface area contributed by atoms with E-state index in [0.29, 0.717) is 44.6 Å². The highest BCUT2D eigenvalue weighted by molar-refractivity contribution is 5.98. The Morgan fingerprint density at radius 1 is 0.938 bits per heavy atom. The summed E-state index contributed by atoms with van der Waals surface area (Å²) in [7, 11) is 1.96. The number of hydrogen-bond donors (Lipinski definition) is 3. The number of benzene rings is 2. The average molecular weight is 674 g/mol. The molecule has 11 nitrogen and oxygen atoms in total. The van der Waals surface area contributed by atoms with Gasteiger partial charge in [-0.05, 0) is 61.7 Å². The Labute approximate surface area is 277 Å². The van der Waals surface area contributed by atoms with Crippen LogP contribution in [0, 0.1) is 11.7 Å². The quantitative estimate of drug-likeness (QED) is 0.333. The predicted molar refractivity (Wildman–Crippen MR) is 170 cm³/mol. The van der Waals surface area contributed by atoms with Crippen molar-refractivity contribution in [3.63, 3.8) is 0 Å². The second kappa shape index (κ2) is 15.3. The molecule has 2 aromatic carbocycles. The van der Waals surface area contributed by atoms with E-state index in [1.165, 1.54) is 24.3 Å². The lowest BCUT2D eigenvalue weighted by Gasteiger charge is -2.34. The Morgan fingerprint density at radius 2 is 1.65 bits per heavy atom. The smallest absolute Gasteiger partial charge is 0.349 e. The molecule has 2 fully saturated rings. The molecule has 1 saturated carbocycles. The zero-order valence-corrected chi connectivity index (χ0v) is 27.2. The monoisotopic (exact) mass is 673 g/mol. The molecule has 1 aliphatic carbocycles. The lowest BCUT2D eigenvalue weighted by Crippen LogP contribution is -2.54. The standard InChI is InChI=1S/C34H42F3N5O6/c1-3-29(43)38-26(32(45)42-15-13-41(2)14-16-42)18-21-9-11-25(24(35)17-21)39-31(44)30(22-7-5-4-6-8-22)40-33(46)34(36,37)23-10-12-27-28(19-23)48-20-47-27/h9-12,17,19,22,26,30H,3-8,13-16,18,20H2,1-2H3,(H,38,43)(H,39,44)(H,40,46)/t26-,30+/m1/s1. The van der Waals surface area contributed by atoms with Gasteiger partial charge < -0.3 is 35.2 Å². The summed E-state index contributed by atoms with van der Waals surface area (Å²) in [4.78, 5) is 55.9. The number of nitrogens with zero attached hydrogens (tertiary/aromatic N) is 2. The minimum absolute atomic E-state index is 0.0256. The maximum atomic E-state index is 15.4. The Hall–Kier alpha value is -4.33. The lowest BCUT2D eigenvalue weighted by atomic mass is 9.83. The Morgan fingerprint density at radius 3 is 2.33 bits per heavy atom. The molecule has 2 aliphatic heterocycles. The number of amides is 4. The van der Waals surface area contributed by atoms with Gasteiger partial charge in [-0.1, -0.05) is 32.3 Å². The number of piperazine rings is 1. The highest BCUT2D eigenvalue weighted by Gasteiger charge is 2.45. The van der Waals surface area contributed by atoms with Crippen molar-refractivity contribution in [2.24, 2.45) is 5.92 Å². The predicted octanol–water partition coefficient (Wildman–Crippen LogP) is 3.56. The molecular weight excluding hydrogens is 631 g/mol. The Kier molecular flexibility index (Phi) is 11.1. The zero-order valence-electron chi connectivity index (χ0n) is 27.2. The molecule has 0 bridgehead atoms. The third kappa shape index (κ3) is 8.20. The number of halogens is 3. The van der Waals surface area contributed by atoms with E-state index in [1.807, 2.05) is 7.05 Å². The van der Waals surface area contributed by atoms with Gasteiger partial charge in [-0.25, -0.2) is 4.39 Å². The topological polar surface area (TPSA) is 129 Å². The summed E-state index contributed by atoms with van der Waals surface area (Å²) in [5.41, 5.74) is -0.413. The number of hydrogen-bond acceptors (Lipinski definition) is 7. The molecule has 0 aromatic heterocycles. The number of likely N-dealkylation sites (N-methyl/N-ethyl adjacent to an activating group) is 1. The van der Waals surface area contributed by atoms with E-state index >= 15 is 13.2 Å². The molecule has 0 unspecified atom stereocenters. The van der Waals surface area contributed by atoms with Crippen LogP contribution in [0.25, 0.3) is 0 Å². The van der Waals surface area contributed by atoms with Crippen molar-refractivity contribution < 1.29 is 41.8 Å². The molecule has 3 N–H and O–H groups in total. The van der Waals surface area contributed by atoms with E-state index in [9.17, 15) is 19.2 Å². The van der Waals surface area contributed by atoms with Crippen LogP contribution >= 0.6 is 0 Å². The largest absolute Gasteiger partial charge is 0.454 e. The van der Waals surface area contributed by atoms with Gasteiger partial charge in [0, 0.05) is 44.6 Å². The molecule has 2 atom stereocenters. The van der Waals surface area contributed by atoms with Crippen LogP contribution in [0.2, 0.25) is 0 Å². The van der Waals surface area contributed by atoms with Gasteiger partial charge in [0.15, 0.2) is 11.5 Å². The number of alkyl halides is 2. The van der Waals surface area contributed by atoms with E-state index in [0.717, 1.165) is 31.4 Å². The molecular formula is C34H42F3N5O6. The van der Waals surface area contributed by atoms with Crippen molar-refractivity contribution in [2.75, 3.05) is 45.3 Å². The summed E-state index contributed by atoms with van der Waals surface area (Å²) in [6, 6.07) is 5.16. The van der Waals surface area contributed by atoms with Crippen LogP contribution in [0.3, 0.4) is 0 Å². The van der Waals surface area contributed by atoms with Crippen LogP contribution in [0.4, 0.5) is 18.9 Å². The molecule has 14 heteroatoms. The number of carbonyl (C=O) groups is 4. The van der Waals surface area contributed by atoms with Gasteiger partial charge in [-0.15, -0.1) is 0 Å². The molecule has 48 heavy (non-hydrogen) atoms. The molecule has 4 amide bonds. The van der Waals surface area contributed by atoms with Crippen LogP contribution in [0.5, 0.6) is 11.5 Å². The van der Waals surface area contributed by atoms with Crippen molar-refractivity contribution in [2.45, 2.75) is 69.9 Å². The first-order chi connectivity index (χ1) is 23.0. The highest BCUT2D eigenvalue weighted by atomic mass is 19.3. The maximum Gasteiger partial charge on any atom is 0.349 e. The van der Waals surface area contributed by atoms with Crippen LogP contribution in [0.15, 0.2) is 36.4 Å². The van der Waals surface area contributed by atoms with Gasteiger partial charge >= 0.3 is 5.92 Å². The van der Waals surface area contributed by atoms with E-state index in [4.69, 9.17) is 9.47 Å². The molecule has 2 aromatic rings. The summed E-state index contributed by atoms with van der Waals surface area (Å²) in [5, 5.41) is 7.48. The van der Waals surface area contributed by atoms with Crippen molar-refractivity contribution in [3.05, 3.63) is 53.3 Å². The summed E-state index contributed by atoms with van der Waals surface area (Å²) in [6.07, 6.45) is 3.69. The van der Waals surface area contributed by atoms with Crippen LogP contribution < -0.4 is 25.4 Å². The van der Waals surface area contributed by atoms with Crippen LogP contribution in [-0.2, 0) is 31.5 Å². The fraction of sp³-hybridized carbons (Fsp3) is 0.529. The van der Waals surface area contributed by atoms with Gasteiger partial charge in [0.2, 0.25) is 24.5 Å². The van der Waals surface area contributed by atoms with E-state index in [-0.39, 0.29) is 48.6 Å². The van der Waals surface area contributed by atoms with Crippen molar-refractivity contribution in [1.82, 2.24) is 20.4 Å². The minimum atomic E-state index is -3.99. The third-order valence-corrected chi connectivity index (χ3v) is 9.21. The highest BCUT2D eigenvalue weighted by Crippen LogP contribution is 2.38. The Balaban J connectivity index is 1.29. The lowest BCUT2D eigenvalue weighted by molar-refractivity contribution is -0.149. The third-order valence-electron chi connectivity index (χ3n) is 9.21. The zero-order chi connectivity index (χ0) is 34.4. The van der Waals surface area contributed by atoms with E-state index < -0.39 is 47.1 Å². The maximum absolute atomic E-state index is 15.4. The van der Waals surface area contributed by atoms with Gasteiger partial charge in [-0.3, -0.25) is 19.2 Å². The first-order valence-electron chi connectivity index (χ1n) is 16.4. The van der Waals surface area contributed by atoms with Gasteiger partial charge in [0.25, 0.3) is 5.91 Å².